The van der Waals surface area contributed by atoms with Gasteiger partial charge in [-0.1, -0.05) is 55.9 Å². The molecule has 3 aromatic rings. The number of aromatic nitrogens is 2. The number of nitrogens with one attached hydrogen (secondary N) is 1. The molecule has 25 heavy (non-hydrogen) atoms. The zero-order valence-corrected chi connectivity index (χ0v) is 16.0. The molecule has 0 saturated heterocycles. The molecule has 0 aliphatic rings. The highest BCUT2D eigenvalue weighted by Gasteiger charge is 2.12. The van der Waals surface area contributed by atoms with Gasteiger partial charge in [0.25, 0.3) is 0 Å². The van der Waals surface area contributed by atoms with Gasteiger partial charge in [-0.2, -0.15) is 0 Å². The average Bonchev–Trinajstić information content (AvgIpc) is 3.05. The molecule has 0 unspecified atom stereocenters. The standard InChI is InChI=1S/C19H21N3OS2/c1-13(2)8-9-20-17(23)11-24-18-15-10-16(14-6-4-3-5-7-14)25-19(15)22-12-21-18/h3-7,10,12-13H,8-9,11H2,1-2H3,(H,20,23). The summed E-state index contributed by atoms with van der Waals surface area (Å²) in [5.41, 5.74) is 1.17. The van der Waals surface area contributed by atoms with Crippen molar-refractivity contribution in [2.45, 2.75) is 25.3 Å². The minimum absolute atomic E-state index is 0.0518. The molecule has 0 spiro atoms. The number of fused-ring (bicyclic) bond motifs is 1. The summed E-state index contributed by atoms with van der Waals surface area (Å²) in [6.07, 6.45) is 2.58. The first-order valence-electron chi connectivity index (χ1n) is 8.33. The minimum Gasteiger partial charge on any atom is -0.355 e. The maximum Gasteiger partial charge on any atom is 0.230 e. The highest BCUT2D eigenvalue weighted by molar-refractivity contribution is 8.00. The lowest BCUT2D eigenvalue weighted by Crippen LogP contribution is -2.26. The first-order chi connectivity index (χ1) is 12.1. The molecule has 0 aliphatic heterocycles. The lowest BCUT2D eigenvalue weighted by molar-refractivity contribution is -0.118. The number of thiophene rings is 1. The van der Waals surface area contributed by atoms with Crippen LogP contribution in [0.3, 0.4) is 0 Å². The van der Waals surface area contributed by atoms with Crippen molar-refractivity contribution in [3.63, 3.8) is 0 Å². The van der Waals surface area contributed by atoms with Gasteiger partial charge in [-0.15, -0.1) is 11.3 Å². The lowest BCUT2D eigenvalue weighted by atomic mass is 10.1. The topological polar surface area (TPSA) is 54.9 Å². The van der Waals surface area contributed by atoms with E-state index in [1.165, 1.54) is 22.2 Å². The molecule has 0 fully saturated rings. The van der Waals surface area contributed by atoms with Gasteiger partial charge < -0.3 is 5.32 Å². The van der Waals surface area contributed by atoms with Crippen molar-refractivity contribution >= 4 is 39.2 Å². The fourth-order valence-electron chi connectivity index (χ4n) is 2.38. The van der Waals surface area contributed by atoms with Crippen molar-refractivity contribution in [2.75, 3.05) is 12.3 Å². The number of hydrogen-bond acceptors (Lipinski definition) is 5. The second-order valence-electron chi connectivity index (χ2n) is 6.20. The molecule has 2 heterocycles. The van der Waals surface area contributed by atoms with E-state index in [9.17, 15) is 4.79 Å². The molecule has 1 N–H and O–H groups in total. The largest absolute Gasteiger partial charge is 0.355 e. The summed E-state index contributed by atoms with van der Waals surface area (Å²) in [4.78, 5) is 22.9. The minimum atomic E-state index is 0.0518. The van der Waals surface area contributed by atoms with Crippen LogP contribution >= 0.6 is 23.1 Å². The van der Waals surface area contributed by atoms with Crippen LogP contribution < -0.4 is 5.32 Å². The fraction of sp³-hybridized carbons (Fsp3) is 0.316. The van der Waals surface area contributed by atoms with Gasteiger partial charge in [-0.25, -0.2) is 9.97 Å². The van der Waals surface area contributed by atoms with Crippen molar-refractivity contribution in [1.29, 1.82) is 0 Å². The van der Waals surface area contributed by atoms with E-state index < -0.39 is 0 Å². The smallest absolute Gasteiger partial charge is 0.230 e. The van der Waals surface area contributed by atoms with E-state index in [-0.39, 0.29) is 5.91 Å². The number of amides is 1. The van der Waals surface area contributed by atoms with E-state index in [2.05, 4.69) is 47.3 Å². The summed E-state index contributed by atoms with van der Waals surface area (Å²) >= 11 is 3.12. The van der Waals surface area contributed by atoms with Crippen LogP contribution in [-0.4, -0.2) is 28.2 Å². The zero-order chi connectivity index (χ0) is 17.6. The van der Waals surface area contributed by atoms with E-state index in [1.807, 2.05) is 18.2 Å². The van der Waals surface area contributed by atoms with Crippen LogP contribution in [0.5, 0.6) is 0 Å². The van der Waals surface area contributed by atoms with Gasteiger partial charge in [-0.3, -0.25) is 4.79 Å². The Morgan fingerprint density at radius 3 is 2.80 bits per heavy atom. The van der Waals surface area contributed by atoms with Crippen molar-refractivity contribution in [2.24, 2.45) is 5.92 Å². The number of hydrogen-bond donors (Lipinski definition) is 1. The van der Waals surface area contributed by atoms with Crippen LogP contribution in [0.25, 0.3) is 20.7 Å². The Kier molecular flexibility index (Phi) is 6.04. The number of carbonyl (C=O) groups excluding carboxylic acids is 1. The number of nitrogens with zero attached hydrogens (tertiary/aromatic N) is 2. The molecular formula is C19H21N3OS2. The molecule has 1 aromatic carbocycles. The summed E-state index contributed by atoms with van der Waals surface area (Å²) < 4.78 is 0. The normalized spacial score (nSPS) is 11.2. The summed E-state index contributed by atoms with van der Waals surface area (Å²) in [6.45, 7) is 5.03. The Bertz CT molecular complexity index is 846. The van der Waals surface area contributed by atoms with Crippen molar-refractivity contribution < 1.29 is 4.79 Å². The van der Waals surface area contributed by atoms with E-state index in [0.717, 1.165) is 28.2 Å². The van der Waals surface area contributed by atoms with Gasteiger partial charge in [0, 0.05) is 16.8 Å². The predicted molar refractivity (Wildman–Crippen MR) is 106 cm³/mol. The summed E-state index contributed by atoms with van der Waals surface area (Å²) in [7, 11) is 0. The van der Waals surface area contributed by atoms with Gasteiger partial charge in [0.05, 0.1) is 5.75 Å². The third-order valence-corrected chi connectivity index (χ3v) is 5.83. The Labute approximate surface area is 156 Å². The van der Waals surface area contributed by atoms with E-state index >= 15 is 0 Å². The van der Waals surface area contributed by atoms with E-state index in [0.29, 0.717) is 11.7 Å². The molecule has 0 radical (unpaired) electrons. The summed E-state index contributed by atoms with van der Waals surface area (Å²) in [5.74, 6) is 1.02. The molecule has 3 rings (SSSR count). The Morgan fingerprint density at radius 1 is 1.24 bits per heavy atom. The molecule has 2 aromatic heterocycles. The molecule has 0 bridgehead atoms. The number of carbonyl (C=O) groups is 1. The molecule has 0 aliphatic carbocycles. The molecule has 0 saturated carbocycles. The van der Waals surface area contributed by atoms with E-state index in [1.54, 1.807) is 17.7 Å². The third-order valence-electron chi connectivity index (χ3n) is 3.74. The second-order valence-corrected chi connectivity index (χ2v) is 8.19. The zero-order valence-electron chi connectivity index (χ0n) is 14.4. The Balaban J connectivity index is 1.70. The average molecular weight is 372 g/mol. The number of thioether (sulfide) groups is 1. The summed E-state index contributed by atoms with van der Waals surface area (Å²) in [5, 5.41) is 4.85. The third kappa shape index (κ3) is 4.80. The molecule has 4 nitrogen and oxygen atoms in total. The van der Waals surface area contributed by atoms with E-state index in [4.69, 9.17) is 0 Å². The number of rotatable bonds is 7. The van der Waals surface area contributed by atoms with Crippen LogP contribution in [0.15, 0.2) is 47.8 Å². The first kappa shape index (κ1) is 17.9. The molecular weight excluding hydrogens is 350 g/mol. The maximum absolute atomic E-state index is 12.0. The van der Waals surface area contributed by atoms with Crippen LogP contribution in [0.2, 0.25) is 0 Å². The van der Waals surface area contributed by atoms with Gasteiger partial charge in [0.15, 0.2) is 0 Å². The lowest BCUT2D eigenvalue weighted by Gasteiger charge is -2.07. The molecule has 1 amide bonds. The number of benzene rings is 1. The SMILES string of the molecule is CC(C)CCNC(=O)CSc1ncnc2sc(-c3ccccc3)cc12. The van der Waals surface area contributed by atoms with Crippen molar-refractivity contribution in [3.05, 3.63) is 42.7 Å². The first-order valence-corrected chi connectivity index (χ1v) is 10.1. The fourth-order valence-corrected chi connectivity index (χ4v) is 4.25. The van der Waals surface area contributed by atoms with Gasteiger partial charge in [-0.05, 0) is 24.0 Å². The van der Waals surface area contributed by atoms with Gasteiger partial charge >= 0.3 is 0 Å². The van der Waals surface area contributed by atoms with Gasteiger partial charge in [0.1, 0.15) is 16.2 Å². The predicted octanol–water partition coefficient (Wildman–Crippen LogP) is 4.61. The summed E-state index contributed by atoms with van der Waals surface area (Å²) in [6, 6.07) is 12.4. The highest BCUT2D eigenvalue weighted by Crippen LogP contribution is 2.35. The molecule has 130 valence electrons. The Hall–Kier alpha value is -1.92. The molecule has 6 heteroatoms. The van der Waals surface area contributed by atoms with Crippen molar-refractivity contribution in [3.8, 4) is 10.4 Å². The second kappa shape index (κ2) is 8.45. The van der Waals surface area contributed by atoms with Crippen LogP contribution in [0.1, 0.15) is 20.3 Å². The van der Waals surface area contributed by atoms with Gasteiger partial charge in [0.2, 0.25) is 5.91 Å². The quantitative estimate of drug-likeness (QED) is 0.487. The maximum atomic E-state index is 12.0. The van der Waals surface area contributed by atoms with Crippen LogP contribution in [0, 0.1) is 5.92 Å². The molecule has 0 atom stereocenters. The van der Waals surface area contributed by atoms with Crippen molar-refractivity contribution in [1.82, 2.24) is 15.3 Å². The van der Waals surface area contributed by atoms with Crippen LogP contribution in [-0.2, 0) is 4.79 Å². The Morgan fingerprint density at radius 2 is 2.04 bits per heavy atom. The highest BCUT2D eigenvalue weighted by atomic mass is 32.2. The van der Waals surface area contributed by atoms with Crippen LogP contribution in [0.4, 0.5) is 0 Å². The monoisotopic (exact) mass is 371 g/mol.